The third-order valence-electron chi connectivity index (χ3n) is 0.560. The highest BCUT2D eigenvalue weighted by Crippen LogP contribution is 1.62. The van der Waals surface area contributed by atoms with Crippen molar-refractivity contribution in [2.24, 2.45) is 0 Å². The lowest BCUT2D eigenvalue weighted by Gasteiger charge is -1.87. The van der Waals surface area contributed by atoms with Crippen molar-refractivity contribution in [1.82, 2.24) is 5.32 Å². The van der Waals surface area contributed by atoms with Crippen LogP contribution in [-0.2, 0) is 0 Å². The molecule has 0 atom stereocenters. The van der Waals surface area contributed by atoms with Crippen LogP contribution in [0.3, 0.4) is 0 Å². The summed E-state index contributed by atoms with van der Waals surface area (Å²) in [5.74, 6) is 2.35. The van der Waals surface area contributed by atoms with E-state index in [9.17, 15) is 0 Å². The van der Waals surface area contributed by atoms with E-state index in [1.54, 1.807) is 18.4 Å². The standard InChI is InChI=1S/C7H9N/c1-3-5-7-8-6-4-2/h1,4-5,7-8H,2,6H2/b7-5+. The molecule has 1 N–H and O–H groups in total. The molecular formula is C7H9N. The number of rotatable bonds is 3. The van der Waals surface area contributed by atoms with Crippen molar-refractivity contribution in [3.63, 3.8) is 0 Å². The van der Waals surface area contributed by atoms with Gasteiger partial charge in [0.05, 0.1) is 0 Å². The maximum atomic E-state index is 4.91. The third-order valence-corrected chi connectivity index (χ3v) is 0.560. The second-order valence-corrected chi connectivity index (χ2v) is 1.20. The largest absolute Gasteiger partial charge is 0.387 e. The minimum atomic E-state index is 0.762. The van der Waals surface area contributed by atoms with Gasteiger partial charge in [-0.15, -0.1) is 13.0 Å². The van der Waals surface area contributed by atoms with Crippen LogP contribution in [0.15, 0.2) is 24.9 Å². The van der Waals surface area contributed by atoms with Gasteiger partial charge in [-0.25, -0.2) is 0 Å². The van der Waals surface area contributed by atoms with Crippen LogP contribution in [0.25, 0.3) is 0 Å². The van der Waals surface area contributed by atoms with E-state index in [0.29, 0.717) is 0 Å². The van der Waals surface area contributed by atoms with E-state index in [2.05, 4.69) is 17.8 Å². The van der Waals surface area contributed by atoms with Crippen molar-refractivity contribution in [3.05, 3.63) is 24.9 Å². The summed E-state index contributed by atoms with van der Waals surface area (Å²) in [4.78, 5) is 0. The molecule has 0 aromatic rings. The number of nitrogens with one attached hydrogen (secondary N) is 1. The van der Waals surface area contributed by atoms with Crippen LogP contribution in [0.4, 0.5) is 0 Å². The van der Waals surface area contributed by atoms with Gasteiger partial charge in [0.2, 0.25) is 0 Å². The Balaban J connectivity index is 3.06. The highest BCUT2D eigenvalue weighted by molar-refractivity contribution is 5.07. The normalized spacial score (nSPS) is 8.38. The van der Waals surface area contributed by atoms with Crippen molar-refractivity contribution >= 4 is 0 Å². The Labute approximate surface area is 50.1 Å². The van der Waals surface area contributed by atoms with E-state index in [0.717, 1.165) is 6.54 Å². The summed E-state index contributed by atoms with van der Waals surface area (Å²) in [6.45, 7) is 4.27. The third kappa shape index (κ3) is 4.84. The topological polar surface area (TPSA) is 12.0 Å². The Kier molecular flexibility index (Phi) is 4.99. The van der Waals surface area contributed by atoms with Gasteiger partial charge >= 0.3 is 0 Å². The number of hydrogen-bond donors (Lipinski definition) is 1. The fourth-order valence-corrected chi connectivity index (χ4v) is 0.258. The molecule has 0 heterocycles. The first-order chi connectivity index (χ1) is 3.91. The maximum Gasteiger partial charge on any atom is 0.0322 e. The van der Waals surface area contributed by atoms with Crippen molar-refractivity contribution in [2.75, 3.05) is 6.54 Å². The van der Waals surface area contributed by atoms with Crippen molar-refractivity contribution < 1.29 is 0 Å². The molecule has 8 heavy (non-hydrogen) atoms. The predicted molar refractivity (Wildman–Crippen MR) is 36.2 cm³/mol. The van der Waals surface area contributed by atoms with E-state index in [4.69, 9.17) is 6.42 Å². The van der Waals surface area contributed by atoms with Crippen LogP contribution in [0.2, 0.25) is 0 Å². The molecule has 0 aliphatic heterocycles. The lowest BCUT2D eigenvalue weighted by atomic mass is 10.6. The van der Waals surface area contributed by atoms with Gasteiger partial charge in [0.25, 0.3) is 0 Å². The van der Waals surface area contributed by atoms with E-state index in [-0.39, 0.29) is 0 Å². The lowest BCUT2D eigenvalue weighted by Crippen LogP contribution is -2.02. The van der Waals surface area contributed by atoms with Gasteiger partial charge < -0.3 is 5.32 Å². The van der Waals surface area contributed by atoms with Crippen LogP contribution in [-0.4, -0.2) is 6.54 Å². The van der Waals surface area contributed by atoms with Crippen LogP contribution in [0, 0.1) is 12.3 Å². The summed E-state index contributed by atoms with van der Waals surface area (Å²) in [5, 5.41) is 2.89. The van der Waals surface area contributed by atoms with Gasteiger partial charge in [-0.3, -0.25) is 0 Å². The van der Waals surface area contributed by atoms with Crippen molar-refractivity contribution in [1.29, 1.82) is 0 Å². The zero-order valence-corrected chi connectivity index (χ0v) is 4.72. The molecule has 0 bridgehead atoms. The van der Waals surface area contributed by atoms with Crippen LogP contribution in [0.1, 0.15) is 0 Å². The fraction of sp³-hybridized carbons (Fsp3) is 0.143. The van der Waals surface area contributed by atoms with Crippen LogP contribution in [0.5, 0.6) is 0 Å². The summed E-state index contributed by atoms with van der Waals surface area (Å²) in [6, 6.07) is 0. The van der Waals surface area contributed by atoms with Gasteiger partial charge in [-0.2, -0.15) is 0 Å². The van der Waals surface area contributed by atoms with Gasteiger partial charge in [-0.05, 0) is 0 Å². The van der Waals surface area contributed by atoms with Crippen molar-refractivity contribution in [2.45, 2.75) is 0 Å². The molecule has 0 saturated heterocycles. The van der Waals surface area contributed by atoms with Gasteiger partial charge in [0.15, 0.2) is 0 Å². The van der Waals surface area contributed by atoms with Gasteiger partial charge in [-0.1, -0.05) is 12.0 Å². The Bertz CT molecular complexity index is 117. The molecule has 0 saturated carbocycles. The molecule has 0 aromatic carbocycles. The molecule has 0 aliphatic rings. The second-order valence-electron chi connectivity index (χ2n) is 1.20. The summed E-state index contributed by atoms with van der Waals surface area (Å²) in [6.07, 6.45) is 9.98. The first-order valence-corrected chi connectivity index (χ1v) is 2.37. The molecule has 42 valence electrons. The minimum Gasteiger partial charge on any atom is -0.387 e. The van der Waals surface area contributed by atoms with Crippen LogP contribution >= 0.6 is 0 Å². The summed E-state index contributed by atoms with van der Waals surface area (Å²) >= 11 is 0. The average molecular weight is 107 g/mol. The van der Waals surface area contributed by atoms with E-state index < -0.39 is 0 Å². The Morgan fingerprint density at radius 3 is 3.00 bits per heavy atom. The molecule has 0 aromatic heterocycles. The van der Waals surface area contributed by atoms with Gasteiger partial charge in [0.1, 0.15) is 0 Å². The molecule has 0 unspecified atom stereocenters. The molecule has 1 nitrogen and oxygen atoms in total. The Morgan fingerprint density at radius 2 is 2.50 bits per heavy atom. The average Bonchev–Trinajstić information content (AvgIpc) is 1.81. The molecular weight excluding hydrogens is 98.1 g/mol. The van der Waals surface area contributed by atoms with Crippen molar-refractivity contribution in [3.8, 4) is 12.3 Å². The zero-order chi connectivity index (χ0) is 6.24. The molecule has 0 rings (SSSR count). The molecule has 0 fully saturated rings. The second kappa shape index (κ2) is 5.84. The smallest absolute Gasteiger partial charge is 0.0322 e. The quantitative estimate of drug-likeness (QED) is 0.321. The monoisotopic (exact) mass is 107 g/mol. The summed E-state index contributed by atoms with van der Waals surface area (Å²) in [7, 11) is 0. The molecule has 0 aliphatic carbocycles. The summed E-state index contributed by atoms with van der Waals surface area (Å²) in [5.41, 5.74) is 0. The number of terminal acetylenes is 1. The Morgan fingerprint density at radius 1 is 1.75 bits per heavy atom. The molecule has 1 heteroatoms. The Hall–Kier alpha value is -1.16. The minimum absolute atomic E-state index is 0.762. The SMILES string of the molecule is C#C/C=C/NCC=C. The van der Waals surface area contributed by atoms with E-state index in [1.807, 2.05) is 0 Å². The first-order valence-electron chi connectivity index (χ1n) is 2.37. The summed E-state index contributed by atoms with van der Waals surface area (Å²) < 4.78 is 0. The van der Waals surface area contributed by atoms with E-state index >= 15 is 0 Å². The molecule has 0 spiro atoms. The number of hydrogen-bond acceptors (Lipinski definition) is 1. The lowest BCUT2D eigenvalue weighted by molar-refractivity contribution is 0.989. The first kappa shape index (κ1) is 6.84. The zero-order valence-electron chi connectivity index (χ0n) is 4.72. The highest BCUT2D eigenvalue weighted by Gasteiger charge is 1.64. The van der Waals surface area contributed by atoms with E-state index in [1.165, 1.54) is 0 Å². The number of allylic oxidation sites excluding steroid dienone is 1. The van der Waals surface area contributed by atoms with Gasteiger partial charge in [0, 0.05) is 18.8 Å². The van der Waals surface area contributed by atoms with Crippen LogP contribution < -0.4 is 5.32 Å². The predicted octanol–water partition coefficient (Wildman–Crippen LogP) is 0.909. The highest BCUT2D eigenvalue weighted by atomic mass is 14.8. The molecule has 0 radical (unpaired) electrons. The fourth-order valence-electron chi connectivity index (χ4n) is 0.258. The molecule has 0 amide bonds. The maximum absolute atomic E-state index is 4.91.